The second-order valence-corrected chi connectivity index (χ2v) is 3.03. The Morgan fingerprint density at radius 2 is 2.00 bits per heavy atom. The summed E-state index contributed by atoms with van der Waals surface area (Å²) in [7, 11) is 1.49. The molecular weight excluding hydrogens is 204 g/mol. The maximum Gasteiger partial charge on any atom is 0.293 e. The van der Waals surface area contributed by atoms with Crippen LogP contribution in [0.2, 0.25) is 0 Å². The maximum atomic E-state index is 12.7. The predicted octanol–water partition coefficient (Wildman–Crippen LogP) is 1.67. The first-order chi connectivity index (χ1) is 7.07. The molecule has 0 aliphatic rings. The van der Waals surface area contributed by atoms with E-state index in [2.05, 4.69) is 0 Å². The lowest BCUT2D eigenvalue weighted by molar-refractivity contribution is -0.0319. The largest absolute Gasteiger partial charge is 0.497 e. The van der Waals surface area contributed by atoms with Crippen molar-refractivity contribution in [3.63, 3.8) is 0 Å². The molecule has 5 heteroatoms. The summed E-state index contributed by atoms with van der Waals surface area (Å²) in [4.78, 5) is 0. The van der Waals surface area contributed by atoms with E-state index < -0.39 is 19.1 Å². The quantitative estimate of drug-likeness (QED) is 0.815. The Labute approximate surface area is 86.8 Å². The van der Waals surface area contributed by atoms with E-state index >= 15 is 0 Å². The Hall–Kier alpha value is -1.36. The van der Waals surface area contributed by atoms with Crippen molar-refractivity contribution in [2.24, 2.45) is 5.73 Å². The zero-order valence-electron chi connectivity index (χ0n) is 8.37. The first-order valence-corrected chi connectivity index (χ1v) is 4.42. The summed E-state index contributed by atoms with van der Waals surface area (Å²) in [6.45, 7) is -1.45. The van der Waals surface area contributed by atoms with E-state index in [1.165, 1.54) is 13.2 Å². The molecule has 0 spiro atoms. The molecule has 0 fully saturated rings. The van der Waals surface area contributed by atoms with Gasteiger partial charge in [-0.2, -0.15) is 0 Å². The van der Waals surface area contributed by atoms with E-state index in [0.717, 1.165) is 0 Å². The van der Waals surface area contributed by atoms with Crippen molar-refractivity contribution < 1.29 is 18.3 Å². The van der Waals surface area contributed by atoms with Crippen LogP contribution in [0.15, 0.2) is 24.3 Å². The number of nitrogens with two attached hydrogens (primary N) is 1. The molecule has 0 aliphatic carbocycles. The Morgan fingerprint density at radius 1 is 1.33 bits per heavy atom. The number of hydrogen-bond donors (Lipinski definition) is 1. The van der Waals surface area contributed by atoms with E-state index in [0.29, 0.717) is 11.5 Å². The summed E-state index contributed by atoms with van der Waals surface area (Å²) in [5.41, 5.74) is 4.87. The topological polar surface area (TPSA) is 44.5 Å². The average molecular weight is 217 g/mol. The average Bonchev–Trinajstić information content (AvgIpc) is 2.27. The van der Waals surface area contributed by atoms with Gasteiger partial charge in [-0.25, -0.2) is 8.78 Å². The van der Waals surface area contributed by atoms with Crippen molar-refractivity contribution in [1.82, 2.24) is 0 Å². The molecule has 0 saturated carbocycles. The van der Waals surface area contributed by atoms with Gasteiger partial charge in [0.1, 0.15) is 11.5 Å². The second kappa shape index (κ2) is 4.93. The zero-order valence-corrected chi connectivity index (χ0v) is 8.37. The minimum absolute atomic E-state index is 0.336. The number of hydrogen-bond acceptors (Lipinski definition) is 3. The molecule has 1 aromatic rings. The molecule has 0 bridgehead atoms. The lowest BCUT2D eigenvalue weighted by atomic mass is 10.3. The smallest absolute Gasteiger partial charge is 0.293 e. The van der Waals surface area contributed by atoms with Crippen LogP contribution in [0.5, 0.6) is 11.5 Å². The lowest BCUT2D eigenvalue weighted by Crippen LogP contribution is -2.34. The van der Waals surface area contributed by atoms with Crippen LogP contribution in [-0.4, -0.2) is 26.2 Å². The number of halogens is 2. The highest BCUT2D eigenvalue weighted by atomic mass is 19.3. The van der Waals surface area contributed by atoms with Crippen LogP contribution in [0.3, 0.4) is 0 Å². The molecule has 0 unspecified atom stereocenters. The van der Waals surface area contributed by atoms with E-state index in [4.69, 9.17) is 15.2 Å². The summed E-state index contributed by atoms with van der Waals surface area (Å²) >= 11 is 0. The van der Waals surface area contributed by atoms with Gasteiger partial charge < -0.3 is 15.2 Å². The van der Waals surface area contributed by atoms with E-state index in [1.54, 1.807) is 18.2 Å². The first kappa shape index (κ1) is 11.7. The molecule has 3 nitrogen and oxygen atoms in total. The molecule has 0 aliphatic heterocycles. The van der Waals surface area contributed by atoms with Crippen LogP contribution >= 0.6 is 0 Å². The fourth-order valence-electron chi connectivity index (χ4n) is 0.939. The minimum atomic E-state index is -3.00. The molecule has 84 valence electrons. The van der Waals surface area contributed by atoms with Gasteiger partial charge in [-0.1, -0.05) is 6.07 Å². The Morgan fingerprint density at radius 3 is 2.60 bits per heavy atom. The van der Waals surface area contributed by atoms with Crippen LogP contribution in [0.1, 0.15) is 0 Å². The Balaban J connectivity index is 2.57. The molecule has 1 rings (SSSR count). The number of alkyl halides is 2. The van der Waals surface area contributed by atoms with Gasteiger partial charge in [0.05, 0.1) is 13.7 Å². The fourth-order valence-corrected chi connectivity index (χ4v) is 0.939. The normalized spacial score (nSPS) is 11.2. The fraction of sp³-hybridized carbons (Fsp3) is 0.400. The highest BCUT2D eigenvalue weighted by molar-refractivity contribution is 5.32. The molecule has 2 N–H and O–H groups in total. The molecule has 0 atom stereocenters. The molecule has 0 saturated heterocycles. The highest BCUT2D eigenvalue weighted by Gasteiger charge is 2.27. The molecule has 1 aromatic carbocycles. The van der Waals surface area contributed by atoms with Gasteiger partial charge in [-0.15, -0.1) is 0 Å². The summed E-state index contributed by atoms with van der Waals surface area (Å²) in [6.07, 6.45) is 0. The van der Waals surface area contributed by atoms with Crippen molar-refractivity contribution in [1.29, 1.82) is 0 Å². The summed E-state index contributed by atoms with van der Waals surface area (Å²) in [5.74, 6) is -2.10. The van der Waals surface area contributed by atoms with Gasteiger partial charge in [-0.3, -0.25) is 0 Å². The maximum absolute atomic E-state index is 12.7. The van der Waals surface area contributed by atoms with Crippen molar-refractivity contribution >= 4 is 0 Å². The third-order valence-electron chi connectivity index (χ3n) is 1.79. The van der Waals surface area contributed by atoms with Gasteiger partial charge in [0.15, 0.2) is 6.61 Å². The van der Waals surface area contributed by atoms with Gasteiger partial charge in [0.25, 0.3) is 5.92 Å². The summed E-state index contributed by atoms with van der Waals surface area (Å²) in [5, 5.41) is 0. The van der Waals surface area contributed by atoms with Gasteiger partial charge in [0, 0.05) is 6.07 Å². The van der Waals surface area contributed by atoms with Crippen LogP contribution in [-0.2, 0) is 0 Å². The number of benzene rings is 1. The lowest BCUT2D eigenvalue weighted by Gasteiger charge is -2.15. The predicted molar refractivity (Wildman–Crippen MR) is 52.5 cm³/mol. The molecule has 0 amide bonds. The molecule has 0 heterocycles. The Kier molecular flexibility index (Phi) is 3.85. The summed E-state index contributed by atoms with van der Waals surface area (Å²) in [6, 6.07) is 6.48. The Bertz CT molecular complexity index is 318. The third-order valence-corrected chi connectivity index (χ3v) is 1.79. The molecule has 15 heavy (non-hydrogen) atoms. The van der Waals surface area contributed by atoms with Gasteiger partial charge in [-0.05, 0) is 12.1 Å². The molecular formula is C10H13F2NO2. The van der Waals surface area contributed by atoms with E-state index in [-0.39, 0.29) is 0 Å². The molecule has 0 aromatic heterocycles. The monoisotopic (exact) mass is 217 g/mol. The number of rotatable bonds is 5. The van der Waals surface area contributed by atoms with Gasteiger partial charge in [0.2, 0.25) is 0 Å². The van der Waals surface area contributed by atoms with Crippen molar-refractivity contribution in [3.8, 4) is 11.5 Å². The SMILES string of the molecule is COc1cccc(OCC(F)(F)CN)c1. The van der Waals surface area contributed by atoms with Crippen LogP contribution in [0.4, 0.5) is 8.78 Å². The van der Waals surface area contributed by atoms with Crippen LogP contribution in [0, 0.1) is 0 Å². The van der Waals surface area contributed by atoms with Crippen molar-refractivity contribution in [3.05, 3.63) is 24.3 Å². The van der Waals surface area contributed by atoms with E-state index in [1.807, 2.05) is 0 Å². The van der Waals surface area contributed by atoms with Crippen LogP contribution < -0.4 is 15.2 Å². The van der Waals surface area contributed by atoms with Crippen LogP contribution in [0.25, 0.3) is 0 Å². The highest BCUT2D eigenvalue weighted by Crippen LogP contribution is 2.21. The van der Waals surface area contributed by atoms with Crippen molar-refractivity contribution in [2.45, 2.75) is 5.92 Å². The standard InChI is InChI=1S/C10H13F2NO2/c1-14-8-3-2-4-9(5-8)15-7-10(11,12)6-13/h2-5H,6-7,13H2,1H3. The first-order valence-electron chi connectivity index (χ1n) is 4.42. The third kappa shape index (κ3) is 3.71. The zero-order chi connectivity index (χ0) is 11.3. The van der Waals surface area contributed by atoms with Gasteiger partial charge >= 0.3 is 0 Å². The summed E-state index contributed by atoms with van der Waals surface area (Å²) < 4.78 is 35.3. The second-order valence-electron chi connectivity index (χ2n) is 3.03. The minimum Gasteiger partial charge on any atom is -0.497 e. The number of methoxy groups -OCH3 is 1. The van der Waals surface area contributed by atoms with E-state index in [9.17, 15) is 8.78 Å². The van der Waals surface area contributed by atoms with Crippen molar-refractivity contribution in [2.75, 3.05) is 20.3 Å². The molecule has 0 radical (unpaired) electrons. The number of ether oxygens (including phenoxy) is 2.